The van der Waals surface area contributed by atoms with Gasteiger partial charge in [0.25, 0.3) is 11.8 Å². The number of amides is 2. The van der Waals surface area contributed by atoms with Crippen LogP contribution in [0.4, 0.5) is 13.2 Å². The molecule has 26 heavy (non-hydrogen) atoms. The van der Waals surface area contributed by atoms with Gasteiger partial charge >= 0.3 is 12.6 Å². The Morgan fingerprint density at radius 2 is 1.50 bits per heavy atom. The van der Waals surface area contributed by atoms with Gasteiger partial charge < -0.3 is 9.47 Å². The summed E-state index contributed by atoms with van der Waals surface area (Å²) in [5.74, 6) is -3.23. The number of esters is 1. The van der Waals surface area contributed by atoms with Gasteiger partial charge in [-0.15, -0.1) is 0 Å². The first-order valence-corrected chi connectivity index (χ1v) is 7.17. The van der Waals surface area contributed by atoms with Crippen molar-refractivity contribution in [3.05, 3.63) is 65.5 Å². The molecule has 0 aliphatic rings. The van der Waals surface area contributed by atoms with Crippen molar-refractivity contribution in [1.82, 2.24) is 5.32 Å². The number of nitrogens with one attached hydrogen (secondary N) is 1. The minimum Gasteiger partial charge on any atom is -0.452 e. The van der Waals surface area contributed by atoms with Gasteiger partial charge in [-0.2, -0.15) is 8.78 Å². The molecule has 0 atom stereocenters. The molecule has 136 valence electrons. The lowest BCUT2D eigenvalue weighted by atomic mass is 10.2. The van der Waals surface area contributed by atoms with Crippen LogP contribution < -0.4 is 10.1 Å². The van der Waals surface area contributed by atoms with Crippen LogP contribution in [-0.4, -0.2) is 31.0 Å². The molecule has 6 nitrogen and oxygen atoms in total. The molecule has 0 aliphatic heterocycles. The summed E-state index contributed by atoms with van der Waals surface area (Å²) in [4.78, 5) is 35.1. The van der Waals surface area contributed by atoms with Gasteiger partial charge in [-0.25, -0.2) is 9.18 Å². The summed E-state index contributed by atoms with van der Waals surface area (Å²) in [5, 5.41) is 1.97. The number of hydrogen-bond donors (Lipinski definition) is 1. The SMILES string of the molecule is O=C(COC(=O)c1ccc(F)cc1)NC(=O)c1ccc(OC(F)F)cc1. The minimum absolute atomic E-state index is 0.0184. The molecule has 0 radical (unpaired) electrons. The molecule has 0 aliphatic carbocycles. The highest BCUT2D eigenvalue weighted by molar-refractivity contribution is 6.05. The van der Waals surface area contributed by atoms with Crippen LogP contribution in [0.2, 0.25) is 0 Å². The number of alkyl halides is 2. The second-order valence-corrected chi connectivity index (χ2v) is 4.86. The average molecular weight is 367 g/mol. The first kappa shape index (κ1) is 19.0. The molecule has 2 aromatic carbocycles. The van der Waals surface area contributed by atoms with Crippen molar-refractivity contribution in [3.63, 3.8) is 0 Å². The summed E-state index contributed by atoms with van der Waals surface area (Å²) in [6.07, 6.45) is 0. The second-order valence-electron chi connectivity index (χ2n) is 4.86. The Morgan fingerprint density at radius 3 is 2.08 bits per heavy atom. The molecule has 0 unspecified atom stereocenters. The van der Waals surface area contributed by atoms with Crippen LogP contribution in [0, 0.1) is 5.82 Å². The highest BCUT2D eigenvalue weighted by atomic mass is 19.3. The fraction of sp³-hybridized carbons (Fsp3) is 0.118. The summed E-state index contributed by atoms with van der Waals surface area (Å²) < 4.78 is 45.7. The highest BCUT2D eigenvalue weighted by Gasteiger charge is 2.14. The molecule has 9 heteroatoms. The number of ether oxygens (including phenoxy) is 2. The molecule has 0 saturated heterocycles. The normalized spacial score (nSPS) is 10.3. The molecule has 0 heterocycles. The van der Waals surface area contributed by atoms with Gasteiger partial charge in [0.2, 0.25) is 0 Å². The maximum atomic E-state index is 12.8. The molecule has 2 amide bonds. The smallest absolute Gasteiger partial charge is 0.387 e. The molecule has 0 spiro atoms. The van der Waals surface area contributed by atoms with E-state index in [1.807, 2.05) is 5.32 Å². The molecular weight excluding hydrogens is 355 g/mol. The quantitative estimate of drug-likeness (QED) is 0.794. The standard InChI is InChI=1S/C17H12F3NO5/c18-12-5-1-11(2-6-12)16(24)25-9-14(22)21-15(23)10-3-7-13(8-4-10)26-17(19)20/h1-8,17H,9H2,(H,21,22,23). The lowest BCUT2D eigenvalue weighted by Gasteiger charge is -2.07. The van der Waals surface area contributed by atoms with Crippen LogP contribution in [0.25, 0.3) is 0 Å². The molecule has 0 aromatic heterocycles. The number of imide groups is 1. The van der Waals surface area contributed by atoms with Gasteiger partial charge in [0.05, 0.1) is 5.56 Å². The third kappa shape index (κ3) is 5.62. The van der Waals surface area contributed by atoms with E-state index in [4.69, 9.17) is 4.74 Å². The minimum atomic E-state index is -2.99. The van der Waals surface area contributed by atoms with Gasteiger partial charge in [0, 0.05) is 5.56 Å². The molecular formula is C17H12F3NO5. The first-order valence-electron chi connectivity index (χ1n) is 7.17. The fourth-order valence-corrected chi connectivity index (χ4v) is 1.82. The lowest BCUT2D eigenvalue weighted by Crippen LogP contribution is -2.34. The van der Waals surface area contributed by atoms with E-state index in [-0.39, 0.29) is 16.9 Å². The Hall–Kier alpha value is -3.36. The van der Waals surface area contributed by atoms with Crippen LogP contribution in [0.15, 0.2) is 48.5 Å². The van der Waals surface area contributed by atoms with Gasteiger partial charge in [-0.3, -0.25) is 14.9 Å². The van der Waals surface area contributed by atoms with E-state index in [2.05, 4.69) is 4.74 Å². The van der Waals surface area contributed by atoms with Crippen molar-refractivity contribution in [2.75, 3.05) is 6.61 Å². The van der Waals surface area contributed by atoms with Gasteiger partial charge in [0.1, 0.15) is 11.6 Å². The Balaban J connectivity index is 1.84. The second kappa shape index (κ2) is 8.65. The maximum Gasteiger partial charge on any atom is 0.387 e. The number of benzene rings is 2. The lowest BCUT2D eigenvalue weighted by molar-refractivity contribution is -0.123. The molecule has 1 N–H and O–H groups in total. The molecule has 0 fully saturated rings. The van der Waals surface area contributed by atoms with Crippen molar-refractivity contribution in [1.29, 1.82) is 0 Å². The molecule has 2 rings (SSSR count). The monoisotopic (exact) mass is 367 g/mol. The van der Waals surface area contributed by atoms with Crippen LogP contribution >= 0.6 is 0 Å². The number of rotatable bonds is 6. The van der Waals surface area contributed by atoms with E-state index in [0.717, 1.165) is 24.3 Å². The van der Waals surface area contributed by atoms with Crippen LogP contribution in [0.3, 0.4) is 0 Å². The Kier molecular flexibility index (Phi) is 6.31. The number of carbonyl (C=O) groups excluding carboxylic acids is 3. The zero-order chi connectivity index (χ0) is 19.1. The summed E-state index contributed by atoms with van der Waals surface area (Å²) in [6.45, 7) is -3.72. The zero-order valence-electron chi connectivity index (χ0n) is 13.1. The topological polar surface area (TPSA) is 81.7 Å². The fourth-order valence-electron chi connectivity index (χ4n) is 1.82. The third-order valence-electron chi connectivity index (χ3n) is 3.01. The predicted octanol–water partition coefficient (Wildman–Crippen LogP) is 2.54. The van der Waals surface area contributed by atoms with Crippen molar-refractivity contribution in [2.45, 2.75) is 6.61 Å². The van der Waals surface area contributed by atoms with Crippen molar-refractivity contribution in [2.24, 2.45) is 0 Å². The molecule has 0 bridgehead atoms. The zero-order valence-corrected chi connectivity index (χ0v) is 13.1. The van der Waals surface area contributed by atoms with Crippen molar-refractivity contribution < 1.29 is 37.0 Å². The van der Waals surface area contributed by atoms with Crippen molar-refractivity contribution >= 4 is 17.8 Å². The van der Waals surface area contributed by atoms with E-state index >= 15 is 0 Å². The summed E-state index contributed by atoms with van der Waals surface area (Å²) in [6, 6.07) is 9.13. The molecule has 2 aromatic rings. The summed E-state index contributed by atoms with van der Waals surface area (Å²) >= 11 is 0. The van der Waals surface area contributed by atoms with Crippen LogP contribution in [0.5, 0.6) is 5.75 Å². The summed E-state index contributed by atoms with van der Waals surface area (Å²) in [5.41, 5.74) is 0.0602. The van der Waals surface area contributed by atoms with Gasteiger partial charge in [-0.05, 0) is 48.5 Å². The Labute approximate surface area is 145 Å². The predicted molar refractivity (Wildman–Crippen MR) is 82.2 cm³/mol. The Bertz CT molecular complexity index is 791. The van der Waals surface area contributed by atoms with E-state index in [0.29, 0.717) is 0 Å². The van der Waals surface area contributed by atoms with Gasteiger partial charge in [0.15, 0.2) is 6.61 Å². The average Bonchev–Trinajstić information content (AvgIpc) is 2.60. The van der Waals surface area contributed by atoms with E-state index in [9.17, 15) is 27.6 Å². The summed E-state index contributed by atoms with van der Waals surface area (Å²) in [7, 11) is 0. The van der Waals surface area contributed by atoms with E-state index in [1.54, 1.807) is 0 Å². The third-order valence-corrected chi connectivity index (χ3v) is 3.01. The molecule has 0 saturated carbocycles. The maximum absolute atomic E-state index is 12.8. The number of hydrogen-bond acceptors (Lipinski definition) is 5. The highest BCUT2D eigenvalue weighted by Crippen LogP contribution is 2.14. The largest absolute Gasteiger partial charge is 0.452 e. The van der Waals surface area contributed by atoms with Crippen LogP contribution in [-0.2, 0) is 9.53 Å². The van der Waals surface area contributed by atoms with E-state index in [1.165, 1.54) is 24.3 Å². The number of halogens is 3. The van der Waals surface area contributed by atoms with E-state index < -0.39 is 36.8 Å². The number of carbonyl (C=O) groups is 3. The van der Waals surface area contributed by atoms with Crippen LogP contribution in [0.1, 0.15) is 20.7 Å². The van der Waals surface area contributed by atoms with Crippen molar-refractivity contribution in [3.8, 4) is 5.75 Å². The Morgan fingerprint density at radius 1 is 0.923 bits per heavy atom. The van der Waals surface area contributed by atoms with Gasteiger partial charge in [-0.1, -0.05) is 0 Å². The first-order chi connectivity index (χ1) is 12.3.